The van der Waals surface area contributed by atoms with Crippen LogP contribution in [0.2, 0.25) is 0 Å². The molecule has 100 valence electrons. The van der Waals surface area contributed by atoms with Gasteiger partial charge in [0.15, 0.2) is 0 Å². The Bertz CT molecular complexity index is 688. The Labute approximate surface area is 118 Å². The van der Waals surface area contributed by atoms with Gasteiger partial charge in [-0.15, -0.1) is 0 Å². The molecule has 0 spiro atoms. The molecule has 0 aliphatic heterocycles. The zero-order chi connectivity index (χ0) is 20.2. The van der Waals surface area contributed by atoms with Crippen molar-refractivity contribution in [3.63, 3.8) is 0 Å². The molecule has 0 aromatic heterocycles. The monoisotopic (exact) mass is 258 g/mol. The van der Waals surface area contributed by atoms with Gasteiger partial charge in [-0.05, 0) is 16.9 Å². The molecule has 0 saturated carbocycles. The van der Waals surface area contributed by atoms with E-state index in [1.807, 2.05) is 0 Å². The summed E-state index contributed by atoms with van der Waals surface area (Å²) in [7, 11) is 0. The van der Waals surface area contributed by atoms with Crippen LogP contribution in [0.25, 0.3) is 0 Å². The molecule has 0 fully saturated rings. The molecule has 4 nitrogen and oxygen atoms in total. The standard InChI is InChI=1S/C14H21NO3/c1-13(2,3)9-7-10(14(4,5)6)12(16)8-11(9)15(17)18/h7-8,16H,1-6H3/i4D3,5D3,8D. The van der Waals surface area contributed by atoms with E-state index in [1.54, 1.807) is 20.8 Å². The fourth-order valence-corrected chi connectivity index (χ4v) is 1.62. The van der Waals surface area contributed by atoms with Crippen LogP contribution < -0.4 is 0 Å². The molecular weight excluding hydrogens is 230 g/mol. The van der Waals surface area contributed by atoms with Crippen molar-refractivity contribution in [2.45, 2.75) is 52.2 Å². The van der Waals surface area contributed by atoms with Crippen LogP contribution in [0.5, 0.6) is 5.75 Å². The Morgan fingerprint density at radius 3 is 2.22 bits per heavy atom. The van der Waals surface area contributed by atoms with Gasteiger partial charge in [0.1, 0.15) is 5.75 Å². The first-order valence-electron chi connectivity index (χ1n) is 8.89. The number of phenolic OH excluding ortho intramolecular Hbond substituents is 1. The number of nitro benzene ring substituents is 1. The predicted octanol–water partition coefficient (Wildman–Crippen LogP) is 3.90. The molecule has 0 aliphatic carbocycles. The van der Waals surface area contributed by atoms with E-state index in [2.05, 4.69) is 0 Å². The lowest BCUT2D eigenvalue weighted by Crippen LogP contribution is -2.18. The summed E-state index contributed by atoms with van der Waals surface area (Å²) < 4.78 is 54.0. The van der Waals surface area contributed by atoms with Crippen LogP contribution in [-0.2, 0) is 10.8 Å². The van der Waals surface area contributed by atoms with Crippen molar-refractivity contribution in [3.8, 4) is 5.75 Å². The molecule has 1 aromatic rings. The molecule has 1 N–H and O–H groups in total. The summed E-state index contributed by atoms with van der Waals surface area (Å²) in [5.41, 5.74) is -4.60. The normalized spacial score (nSPS) is 19.7. The smallest absolute Gasteiger partial charge is 0.276 e. The van der Waals surface area contributed by atoms with E-state index >= 15 is 0 Å². The highest BCUT2D eigenvalue weighted by atomic mass is 16.6. The summed E-state index contributed by atoms with van der Waals surface area (Å²) >= 11 is 0. The fourth-order valence-electron chi connectivity index (χ4n) is 1.62. The number of aromatic hydroxyl groups is 1. The summed E-state index contributed by atoms with van der Waals surface area (Å²) in [6, 6.07) is 0.136. The van der Waals surface area contributed by atoms with Crippen molar-refractivity contribution in [1.82, 2.24) is 0 Å². The first-order valence-corrected chi connectivity index (χ1v) is 5.39. The first kappa shape index (κ1) is 7.12. The molecule has 0 aliphatic rings. The highest BCUT2D eigenvalue weighted by Gasteiger charge is 2.29. The largest absolute Gasteiger partial charge is 0.507 e. The molecule has 0 amide bonds. The van der Waals surface area contributed by atoms with Crippen LogP contribution in [0.3, 0.4) is 0 Å². The van der Waals surface area contributed by atoms with Gasteiger partial charge in [-0.1, -0.05) is 41.4 Å². The van der Waals surface area contributed by atoms with E-state index in [4.69, 9.17) is 9.60 Å². The third-order valence-electron chi connectivity index (χ3n) is 2.56. The maximum absolute atomic E-state index is 11.3. The van der Waals surface area contributed by atoms with Crippen LogP contribution in [0.15, 0.2) is 12.1 Å². The Morgan fingerprint density at radius 1 is 1.28 bits per heavy atom. The SMILES string of the molecule is [2H]c1c(O)c(C(C)(C([2H])([2H])[2H])C([2H])([2H])[2H])cc(C(C)(C)C)c1[N+](=O)[O-]. The molecule has 18 heavy (non-hydrogen) atoms. The maximum atomic E-state index is 11.3. The van der Waals surface area contributed by atoms with Gasteiger partial charge in [-0.3, -0.25) is 10.1 Å². The summed E-state index contributed by atoms with van der Waals surface area (Å²) in [6.45, 7) is -0.326. The van der Waals surface area contributed by atoms with Crippen molar-refractivity contribution >= 4 is 5.69 Å². The van der Waals surface area contributed by atoms with E-state index in [9.17, 15) is 15.2 Å². The Balaban J connectivity index is 4.08. The second kappa shape index (κ2) is 4.26. The molecule has 0 saturated heterocycles. The van der Waals surface area contributed by atoms with Gasteiger partial charge in [0.25, 0.3) is 5.69 Å². The lowest BCUT2D eigenvalue weighted by molar-refractivity contribution is -0.386. The second-order valence-electron chi connectivity index (χ2n) is 5.43. The van der Waals surface area contributed by atoms with Crippen molar-refractivity contribution in [3.05, 3.63) is 33.4 Å². The number of phenols is 1. The molecule has 0 heterocycles. The Morgan fingerprint density at radius 2 is 1.83 bits per heavy atom. The van der Waals surface area contributed by atoms with Crippen LogP contribution in [-0.4, -0.2) is 10.0 Å². The number of hydrogen-bond acceptors (Lipinski definition) is 3. The quantitative estimate of drug-likeness (QED) is 0.614. The van der Waals surface area contributed by atoms with E-state index in [-0.39, 0.29) is 5.56 Å². The summed E-state index contributed by atoms with van der Waals surface area (Å²) in [5, 5.41) is 21.6. The topological polar surface area (TPSA) is 63.4 Å². The lowest BCUT2D eigenvalue weighted by Gasteiger charge is -2.25. The van der Waals surface area contributed by atoms with Gasteiger partial charge in [0, 0.05) is 19.4 Å². The number of hydrogen-bond donors (Lipinski definition) is 1. The number of rotatable bonds is 1. The third kappa shape index (κ3) is 2.81. The second-order valence-corrected chi connectivity index (χ2v) is 5.43. The zero-order valence-electron chi connectivity index (χ0n) is 17.8. The van der Waals surface area contributed by atoms with Crippen molar-refractivity contribution in [1.29, 1.82) is 0 Å². The van der Waals surface area contributed by atoms with Gasteiger partial charge in [0.05, 0.1) is 12.3 Å². The van der Waals surface area contributed by atoms with E-state index in [0.717, 1.165) is 13.0 Å². The van der Waals surface area contributed by atoms with Crippen LogP contribution in [0.1, 0.15) is 62.1 Å². The predicted molar refractivity (Wildman–Crippen MR) is 72.2 cm³/mol. The van der Waals surface area contributed by atoms with E-state index < -0.39 is 52.5 Å². The molecule has 0 atom stereocenters. The molecule has 4 heteroatoms. The van der Waals surface area contributed by atoms with Gasteiger partial charge >= 0.3 is 0 Å². The van der Waals surface area contributed by atoms with Gasteiger partial charge in [-0.2, -0.15) is 0 Å². The zero-order valence-corrected chi connectivity index (χ0v) is 10.8. The molecule has 0 radical (unpaired) electrons. The van der Waals surface area contributed by atoms with Crippen molar-refractivity contribution in [2.75, 3.05) is 0 Å². The summed E-state index contributed by atoms with van der Waals surface area (Å²) in [4.78, 5) is 10.5. The van der Waals surface area contributed by atoms with Crippen molar-refractivity contribution in [2.24, 2.45) is 0 Å². The minimum absolute atomic E-state index is 0.0185. The number of benzene rings is 1. The number of nitrogens with zero attached hydrogens (tertiary/aromatic N) is 1. The average Bonchev–Trinajstić information content (AvgIpc) is 2.36. The van der Waals surface area contributed by atoms with Gasteiger partial charge in [-0.25, -0.2) is 0 Å². The minimum Gasteiger partial charge on any atom is -0.507 e. The molecular formula is C14H21NO3. The van der Waals surface area contributed by atoms with Gasteiger partial charge in [0.2, 0.25) is 0 Å². The molecule has 1 rings (SSSR count). The highest BCUT2D eigenvalue weighted by Crippen LogP contribution is 2.40. The van der Waals surface area contributed by atoms with E-state index in [1.165, 1.54) is 0 Å². The Hall–Kier alpha value is -1.58. The van der Waals surface area contributed by atoms with Crippen LogP contribution in [0, 0.1) is 10.1 Å². The van der Waals surface area contributed by atoms with E-state index in [0.29, 0.717) is 0 Å². The first-order chi connectivity index (χ1) is 10.9. The van der Waals surface area contributed by atoms with Gasteiger partial charge < -0.3 is 5.11 Å². The number of nitro groups is 1. The summed E-state index contributed by atoms with van der Waals surface area (Å²) in [5.74, 6) is -1.01. The molecule has 0 bridgehead atoms. The third-order valence-corrected chi connectivity index (χ3v) is 2.56. The summed E-state index contributed by atoms with van der Waals surface area (Å²) in [6.07, 6.45) is 0. The van der Waals surface area contributed by atoms with Crippen LogP contribution in [0.4, 0.5) is 5.69 Å². The average molecular weight is 258 g/mol. The maximum Gasteiger partial charge on any atom is 0.276 e. The molecule has 0 unspecified atom stereocenters. The minimum atomic E-state index is -3.05. The molecule has 1 aromatic carbocycles. The Kier molecular flexibility index (Phi) is 1.69. The van der Waals surface area contributed by atoms with Crippen molar-refractivity contribution < 1.29 is 19.6 Å². The van der Waals surface area contributed by atoms with Crippen LogP contribution >= 0.6 is 0 Å². The highest BCUT2D eigenvalue weighted by molar-refractivity contribution is 5.54. The fraction of sp³-hybridized carbons (Fsp3) is 0.571. The lowest BCUT2D eigenvalue weighted by atomic mass is 9.79.